The number of rotatable bonds is 3. The van der Waals surface area contributed by atoms with Crippen LogP contribution in [0.25, 0.3) is 17.1 Å². The maximum atomic E-state index is 12.5. The molecule has 0 bridgehead atoms. The molecule has 2 aromatic carbocycles. The Bertz CT molecular complexity index is 1020. The highest BCUT2D eigenvalue weighted by atomic mass is 16.5. The molecular formula is C18H15N3O3. The molecular weight excluding hydrogens is 306 g/mol. The maximum Gasteiger partial charge on any atom is 0.329 e. The minimum Gasteiger partial charge on any atom is -0.805 e. The molecule has 0 aliphatic carbocycles. The highest BCUT2D eigenvalue weighted by Gasteiger charge is 2.24. The van der Waals surface area contributed by atoms with E-state index in [0.717, 1.165) is 5.56 Å². The van der Waals surface area contributed by atoms with Crippen LogP contribution >= 0.6 is 0 Å². The SMILES string of the molecule is Cc1c(C(=O)/C=C/c2ccc(N)cc2)[n+](=O)c2ccccc2n1[O-]. The first-order valence-electron chi connectivity index (χ1n) is 7.31. The lowest BCUT2D eigenvalue weighted by Gasteiger charge is -2.15. The second kappa shape index (κ2) is 6.00. The quantitative estimate of drug-likeness (QED) is 0.347. The average Bonchev–Trinajstić information content (AvgIpc) is 2.59. The molecule has 0 radical (unpaired) electrons. The Morgan fingerprint density at radius 3 is 2.54 bits per heavy atom. The minimum atomic E-state index is -0.533. The van der Waals surface area contributed by atoms with Crippen LogP contribution < -0.4 is 10.2 Å². The third-order valence-electron chi connectivity index (χ3n) is 3.77. The number of aromatic nitrogens is 2. The van der Waals surface area contributed by atoms with E-state index in [4.69, 9.17) is 5.73 Å². The molecule has 0 aliphatic heterocycles. The van der Waals surface area contributed by atoms with Crippen molar-refractivity contribution in [2.75, 3.05) is 5.73 Å². The number of hydrogen-bond acceptors (Lipinski definition) is 4. The number of ketones is 1. The van der Waals surface area contributed by atoms with Crippen molar-refractivity contribution in [3.63, 3.8) is 0 Å². The van der Waals surface area contributed by atoms with Gasteiger partial charge in [0.15, 0.2) is 0 Å². The number of benzene rings is 2. The van der Waals surface area contributed by atoms with Gasteiger partial charge in [-0.3, -0.25) is 4.79 Å². The van der Waals surface area contributed by atoms with Crippen LogP contribution in [0.3, 0.4) is 0 Å². The molecule has 0 saturated heterocycles. The van der Waals surface area contributed by atoms with Gasteiger partial charge in [-0.2, -0.15) is 0 Å². The summed E-state index contributed by atoms with van der Waals surface area (Å²) in [6, 6.07) is 13.3. The van der Waals surface area contributed by atoms with E-state index in [-0.39, 0.29) is 22.4 Å². The number of nitrogen functional groups attached to an aromatic ring is 1. The number of allylic oxidation sites excluding steroid dienone is 1. The van der Waals surface area contributed by atoms with Crippen molar-refractivity contribution in [2.45, 2.75) is 6.92 Å². The molecule has 3 rings (SSSR count). The van der Waals surface area contributed by atoms with Crippen LogP contribution in [0, 0.1) is 17.0 Å². The summed E-state index contributed by atoms with van der Waals surface area (Å²) in [5.74, 6) is -0.533. The topological polar surface area (TPSA) is 94.1 Å². The zero-order chi connectivity index (χ0) is 17.3. The number of para-hydroxylation sites is 2. The Morgan fingerprint density at radius 1 is 1.17 bits per heavy atom. The summed E-state index contributed by atoms with van der Waals surface area (Å²) in [5.41, 5.74) is 7.26. The summed E-state index contributed by atoms with van der Waals surface area (Å²) in [4.78, 5) is 24.9. The molecule has 0 atom stereocenters. The van der Waals surface area contributed by atoms with Crippen molar-refractivity contribution >= 4 is 28.6 Å². The van der Waals surface area contributed by atoms with Crippen molar-refractivity contribution in [2.24, 2.45) is 0 Å². The third kappa shape index (κ3) is 2.65. The number of carbonyl (C=O) groups is 1. The smallest absolute Gasteiger partial charge is 0.329 e. The maximum absolute atomic E-state index is 12.5. The van der Waals surface area contributed by atoms with Crippen LogP contribution in [0.4, 0.5) is 5.69 Å². The van der Waals surface area contributed by atoms with E-state index in [9.17, 15) is 14.9 Å². The fraction of sp³-hybridized carbons (Fsp3) is 0.0556. The van der Waals surface area contributed by atoms with Gasteiger partial charge in [0, 0.05) is 16.7 Å². The lowest BCUT2D eigenvalue weighted by atomic mass is 10.1. The monoisotopic (exact) mass is 321 g/mol. The molecule has 2 N–H and O–H groups in total. The Kier molecular flexibility index (Phi) is 3.87. The Labute approximate surface area is 137 Å². The molecule has 6 nitrogen and oxygen atoms in total. The van der Waals surface area contributed by atoms with Gasteiger partial charge in [-0.05, 0) is 36.8 Å². The molecule has 0 spiro atoms. The lowest BCUT2D eigenvalue weighted by molar-refractivity contribution is -0.468. The van der Waals surface area contributed by atoms with Crippen molar-refractivity contribution in [1.82, 2.24) is 4.73 Å². The van der Waals surface area contributed by atoms with E-state index < -0.39 is 5.78 Å². The molecule has 0 fully saturated rings. The van der Waals surface area contributed by atoms with Gasteiger partial charge in [-0.25, -0.2) is 0 Å². The summed E-state index contributed by atoms with van der Waals surface area (Å²) < 4.78 is 1.11. The summed E-state index contributed by atoms with van der Waals surface area (Å²) in [6.07, 6.45) is 2.85. The van der Waals surface area contributed by atoms with E-state index in [1.165, 1.54) is 19.1 Å². The fourth-order valence-corrected chi connectivity index (χ4v) is 2.49. The van der Waals surface area contributed by atoms with Crippen molar-refractivity contribution in [1.29, 1.82) is 0 Å². The number of nitrogens with zero attached hydrogens (tertiary/aromatic N) is 2. The fourth-order valence-electron chi connectivity index (χ4n) is 2.49. The van der Waals surface area contributed by atoms with Gasteiger partial charge in [-0.1, -0.05) is 30.3 Å². The van der Waals surface area contributed by atoms with Crippen LogP contribution in [0.1, 0.15) is 21.7 Å². The number of anilines is 1. The number of hydrogen-bond donors (Lipinski definition) is 1. The average molecular weight is 321 g/mol. The van der Waals surface area contributed by atoms with E-state index in [1.54, 1.807) is 48.5 Å². The molecule has 0 unspecified atom stereocenters. The molecule has 0 saturated carbocycles. The van der Waals surface area contributed by atoms with Crippen LogP contribution in [-0.2, 0) is 0 Å². The second-order valence-electron chi connectivity index (χ2n) is 5.38. The number of carbonyl (C=O) groups excluding carboxylic acids is 1. The summed E-state index contributed by atoms with van der Waals surface area (Å²) in [6.45, 7) is 1.46. The number of nitrogens with two attached hydrogens (primary N) is 1. The van der Waals surface area contributed by atoms with Gasteiger partial charge in [0.2, 0.25) is 0 Å². The molecule has 3 aromatic rings. The largest absolute Gasteiger partial charge is 0.805 e. The van der Waals surface area contributed by atoms with Gasteiger partial charge in [0.05, 0.1) is 10.1 Å². The predicted octanol–water partition coefficient (Wildman–Crippen LogP) is 2.69. The Balaban J connectivity index is 2.07. The van der Waals surface area contributed by atoms with E-state index >= 15 is 0 Å². The van der Waals surface area contributed by atoms with Crippen LogP contribution in [0.2, 0.25) is 0 Å². The highest BCUT2D eigenvalue weighted by Crippen LogP contribution is 2.15. The Morgan fingerprint density at radius 2 is 1.83 bits per heavy atom. The highest BCUT2D eigenvalue weighted by molar-refractivity contribution is 6.05. The standard InChI is InChI=1S/C18H15N3O3/c1-12-18(17(22)11-8-13-6-9-14(19)10-7-13)21(24)16-5-3-2-4-15(16)20(12)23/h2-11H,19H2,1H3/b11-8+. The normalized spacial score (nSPS) is 11.2. The van der Waals surface area contributed by atoms with Crippen molar-refractivity contribution < 1.29 is 9.22 Å². The lowest BCUT2D eigenvalue weighted by Crippen LogP contribution is -2.29. The third-order valence-corrected chi connectivity index (χ3v) is 3.77. The van der Waals surface area contributed by atoms with Gasteiger partial charge in [0.1, 0.15) is 5.52 Å². The summed E-state index contributed by atoms with van der Waals surface area (Å²) in [5, 5.41) is 12.3. The predicted molar refractivity (Wildman–Crippen MR) is 93.0 cm³/mol. The molecule has 0 amide bonds. The van der Waals surface area contributed by atoms with Gasteiger partial charge in [0.25, 0.3) is 11.3 Å². The summed E-state index contributed by atoms with van der Waals surface area (Å²) >= 11 is 0. The molecule has 1 heterocycles. The first kappa shape index (κ1) is 15.5. The molecule has 24 heavy (non-hydrogen) atoms. The van der Waals surface area contributed by atoms with E-state index in [0.29, 0.717) is 14.8 Å². The molecule has 6 heteroatoms. The number of fused-ring (bicyclic) bond motifs is 1. The first-order chi connectivity index (χ1) is 11.5. The first-order valence-corrected chi connectivity index (χ1v) is 7.31. The van der Waals surface area contributed by atoms with Crippen LogP contribution in [-0.4, -0.2) is 10.5 Å². The van der Waals surface area contributed by atoms with E-state index in [1.807, 2.05) is 0 Å². The van der Waals surface area contributed by atoms with Crippen molar-refractivity contribution in [3.05, 3.63) is 81.7 Å². The van der Waals surface area contributed by atoms with Crippen molar-refractivity contribution in [3.8, 4) is 0 Å². The van der Waals surface area contributed by atoms with E-state index in [2.05, 4.69) is 0 Å². The zero-order valence-corrected chi connectivity index (χ0v) is 13.0. The molecule has 1 aromatic heterocycles. The van der Waals surface area contributed by atoms with Gasteiger partial charge >= 0.3 is 5.69 Å². The van der Waals surface area contributed by atoms with Gasteiger partial charge in [-0.15, -0.1) is 0 Å². The Hall–Kier alpha value is -3.41. The summed E-state index contributed by atoms with van der Waals surface area (Å²) in [7, 11) is 0. The molecule has 0 aliphatic rings. The molecule has 120 valence electrons. The second-order valence-corrected chi connectivity index (χ2v) is 5.38. The van der Waals surface area contributed by atoms with Crippen LogP contribution in [0.5, 0.6) is 0 Å². The van der Waals surface area contributed by atoms with Gasteiger partial charge < -0.3 is 15.7 Å². The minimum absolute atomic E-state index is 0.0654. The zero-order valence-electron chi connectivity index (χ0n) is 13.0. The van der Waals surface area contributed by atoms with Crippen LogP contribution in [0.15, 0.2) is 54.6 Å².